The summed E-state index contributed by atoms with van der Waals surface area (Å²) in [4.78, 5) is 0. The highest BCUT2D eigenvalue weighted by Crippen LogP contribution is 2.23. The molecular weight excluding hydrogens is 393 g/mol. The first-order chi connectivity index (χ1) is 15.0. The van der Waals surface area contributed by atoms with Crippen LogP contribution in [0.3, 0.4) is 0 Å². The van der Waals surface area contributed by atoms with Gasteiger partial charge in [0.1, 0.15) is 5.82 Å². The van der Waals surface area contributed by atoms with Gasteiger partial charge in [-0.1, -0.05) is 75.3 Å². The van der Waals surface area contributed by atoms with Crippen LogP contribution in [0.1, 0.15) is 61.8 Å². The highest BCUT2D eigenvalue weighted by atomic mass is 19.2. The summed E-state index contributed by atoms with van der Waals surface area (Å²) in [6, 6.07) is 15.8. The van der Waals surface area contributed by atoms with Gasteiger partial charge in [0.2, 0.25) is 0 Å². The maximum absolute atomic E-state index is 14.4. The molecule has 3 heteroatoms. The number of unbranched alkanes of at least 4 members (excludes halogenated alkanes) is 2. The Morgan fingerprint density at radius 1 is 0.645 bits per heavy atom. The molecule has 0 aromatic heterocycles. The zero-order valence-electron chi connectivity index (χ0n) is 18.1. The first-order valence-electron chi connectivity index (χ1n) is 10.9. The van der Waals surface area contributed by atoms with Gasteiger partial charge in [-0.25, -0.2) is 13.2 Å². The van der Waals surface area contributed by atoms with Gasteiger partial charge in [0, 0.05) is 5.56 Å². The van der Waals surface area contributed by atoms with Gasteiger partial charge in [-0.3, -0.25) is 0 Å². The van der Waals surface area contributed by atoms with Crippen molar-refractivity contribution >= 4 is 0 Å². The van der Waals surface area contributed by atoms with Crippen molar-refractivity contribution in [3.05, 3.63) is 94.3 Å². The van der Waals surface area contributed by atoms with Gasteiger partial charge in [-0.15, -0.1) is 0 Å². The number of hydrogen-bond donors (Lipinski definition) is 0. The van der Waals surface area contributed by atoms with E-state index in [-0.39, 0.29) is 11.4 Å². The second-order valence-electron chi connectivity index (χ2n) is 7.74. The van der Waals surface area contributed by atoms with Crippen molar-refractivity contribution < 1.29 is 13.2 Å². The van der Waals surface area contributed by atoms with Crippen molar-refractivity contribution in [1.29, 1.82) is 0 Å². The Morgan fingerprint density at radius 3 is 2.03 bits per heavy atom. The van der Waals surface area contributed by atoms with E-state index in [9.17, 15) is 13.2 Å². The molecule has 0 heterocycles. The molecule has 0 saturated carbocycles. The molecule has 0 spiro atoms. The van der Waals surface area contributed by atoms with Gasteiger partial charge < -0.3 is 0 Å². The molecule has 3 aromatic carbocycles. The van der Waals surface area contributed by atoms with E-state index in [2.05, 4.69) is 18.8 Å². The number of hydrogen-bond acceptors (Lipinski definition) is 0. The van der Waals surface area contributed by atoms with Gasteiger partial charge in [0.25, 0.3) is 0 Å². The lowest BCUT2D eigenvalue weighted by molar-refractivity contribution is 0.496. The van der Waals surface area contributed by atoms with E-state index >= 15 is 0 Å². The lowest BCUT2D eigenvalue weighted by atomic mass is 10.00. The summed E-state index contributed by atoms with van der Waals surface area (Å²) in [7, 11) is 0. The van der Waals surface area contributed by atoms with Gasteiger partial charge in [-0.05, 0) is 65.8 Å². The molecule has 0 aliphatic heterocycles. The second kappa shape index (κ2) is 10.9. The minimum atomic E-state index is -0.899. The molecule has 0 nitrogen and oxygen atoms in total. The maximum Gasteiger partial charge on any atom is 0.174 e. The van der Waals surface area contributed by atoms with Crippen LogP contribution in [0.5, 0.6) is 0 Å². The summed E-state index contributed by atoms with van der Waals surface area (Å²) in [5.41, 5.74) is 3.53. The smallest absolute Gasteiger partial charge is 0.174 e. The fraction of sp³-hybridized carbons (Fsp3) is 0.286. The zero-order chi connectivity index (χ0) is 22.2. The lowest BCUT2D eigenvalue weighted by Gasteiger charge is -2.07. The molecule has 0 aliphatic carbocycles. The summed E-state index contributed by atoms with van der Waals surface area (Å²) in [5, 5.41) is 0. The van der Waals surface area contributed by atoms with E-state index < -0.39 is 11.6 Å². The summed E-state index contributed by atoms with van der Waals surface area (Å²) in [6.45, 7) is 4.05. The Morgan fingerprint density at radius 2 is 1.35 bits per heavy atom. The molecule has 0 N–H and O–H groups in total. The fourth-order valence-electron chi connectivity index (χ4n) is 3.53. The highest BCUT2D eigenvalue weighted by molar-refractivity contribution is 5.65. The van der Waals surface area contributed by atoms with Crippen LogP contribution in [0.4, 0.5) is 13.2 Å². The van der Waals surface area contributed by atoms with Crippen LogP contribution < -0.4 is 0 Å². The third-order valence-corrected chi connectivity index (χ3v) is 5.34. The third-order valence-electron chi connectivity index (χ3n) is 5.34. The Kier molecular flexibility index (Phi) is 7.95. The molecule has 3 rings (SSSR count). The Balaban J connectivity index is 1.75. The summed E-state index contributed by atoms with van der Waals surface area (Å²) in [6.07, 6.45) is 5.21. The van der Waals surface area contributed by atoms with Gasteiger partial charge in [0.15, 0.2) is 11.6 Å². The molecule has 0 unspecified atom stereocenters. The summed E-state index contributed by atoms with van der Waals surface area (Å²) >= 11 is 0. The van der Waals surface area contributed by atoms with Crippen LogP contribution in [0.15, 0.2) is 54.6 Å². The molecule has 160 valence electrons. The van der Waals surface area contributed by atoms with Crippen LogP contribution >= 0.6 is 0 Å². The van der Waals surface area contributed by atoms with E-state index in [1.54, 1.807) is 24.3 Å². The average Bonchev–Trinajstić information content (AvgIpc) is 2.78. The molecule has 0 radical (unpaired) electrons. The monoisotopic (exact) mass is 420 g/mol. The molecule has 3 aromatic rings. The molecule has 0 fully saturated rings. The van der Waals surface area contributed by atoms with E-state index in [0.717, 1.165) is 48.8 Å². The average molecular weight is 421 g/mol. The topological polar surface area (TPSA) is 0 Å². The van der Waals surface area contributed by atoms with Crippen molar-refractivity contribution in [2.75, 3.05) is 0 Å². The van der Waals surface area contributed by atoms with Gasteiger partial charge in [0.05, 0.1) is 5.56 Å². The first kappa shape index (κ1) is 22.7. The van der Waals surface area contributed by atoms with Crippen LogP contribution in [-0.4, -0.2) is 0 Å². The maximum atomic E-state index is 14.4. The summed E-state index contributed by atoms with van der Waals surface area (Å²) < 4.78 is 42.7. The number of rotatable bonds is 7. The molecule has 31 heavy (non-hydrogen) atoms. The normalized spacial score (nSPS) is 10.6. The van der Waals surface area contributed by atoms with Crippen molar-refractivity contribution in [2.45, 2.75) is 52.4 Å². The van der Waals surface area contributed by atoms with Gasteiger partial charge in [-0.2, -0.15) is 0 Å². The van der Waals surface area contributed by atoms with Crippen LogP contribution in [0, 0.1) is 29.3 Å². The van der Waals surface area contributed by atoms with E-state index in [1.165, 1.54) is 6.07 Å². The molecule has 0 bridgehead atoms. The van der Waals surface area contributed by atoms with Crippen molar-refractivity contribution in [3.63, 3.8) is 0 Å². The van der Waals surface area contributed by atoms with E-state index in [4.69, 9.17) is 0 Å². The van der Waals surface area contributed by atoms with Crippen molar-refractivity contribution in [3.8, 4) is 23.0 Å². The number of aryl methyl sites for hydroxylation is 2. The molecular formula is C28H27F3. The third kappa shape index (κ3) is 5.79. The van der Waals surface area contributed by atoms with Crippen molar-refractivity contribution in [1.82, 2.24) is 0 Å². The van der Waals surface area contributed by atoms with Crippen molar-refractivity contribution in [2.24, 2.45) is 0 Å². The lowest BCUT2D eigenvalue weighted by Crippen LogP contribution is -1.97. The molecule has 0 amide bonds. The Bertz CT molecular complexity index is 1090. The largest absolute Gasteiger partial charge is 0.207 e. The first-order valence-corrected chi connectivity index (χ1v) is 10.9. The van der Waals surface area contributed by atoms with Crippen LogP contribution in [-0.2, 0) is 12.8 Å². The highest BCUT2D eigenvalue weighted by Gasteiger charge is 2.11. The standard InChI is InChI=1S/C28H27F3/c1-3-5-6-8-22-15-18-25(19-26(22)29)21-12-9-20(10-13-21)11-14-24-17-16-23(7-4-2)27(30)28(24)31/h9-10,12-13,15-19H,3-8H2,1-2H3. The molecule has 0 saturated heterocycles. The number of benzene rings is 3. The zero-order valence-corrected chi connectivity index (χ0v) is 18.1. The molecule has 0 atom stereocenters. The quantitative estimate of drug-likeness (QED) is 0.270. The predicted molar refractivity (Wildman–Crippen MR) is 121 cm³/mol. The molecule has 0 aliphatic rings. The second-order valence-corrected chi connectivity index (χ2v) is 7.74. The minimum absolute atomic E-state index is 0.0437. The Hall–Kier alpha value is -2.99. The number of halogens is 3. The van der Waals surface area contributed by atoms with E-state index in [0.29, 0.717) is 17.5 Å². The van der Waals surface area contributed by atoms with Crippen LogP contribution in [0.25, 0.3) is 11.1 Å². The summed E-state index contributed by atoms with van der Waals surface area (Å²) in [5.74, 6) is 3.70. The van der Waals surface area contributed by atoms with Gasteiger partial charge >= 0.3 is 0 Å². The van der Waals surface area contributed by atoms with E-state index in [1.807, 2.05) is 31.2 Å². The minimum Gasteiger partial charge on any atom is -0.207 e. The predicted octanol–water partition coefficient (Wildman–Crippen LogP) is 7.86. The SMILES string of the molecule is CCCCCc1ccc(-c2ccc(C#Cc3ccc(CCC)c(F)c3F)cc2)cc1F. The Labute approximate surface area is 183 Å². The fourth-order valence-corrected chi connectivity index (χ4v) is 3.53. The van der Waals surface area contributed by atoms with Crippen LogP contribution in [0.2, 0.25) is 0 Å².